The molecule has 2 aromatic heterocycles. The quantitative estimate of drug-likeness (QED) is 0.591. The Balaban J connectivity index is 1.69. The molecule has 6 nitrogen and oxygen atoms in total. The van der Waals surface area contributed by atoms with Gasteiger partial charge in [-0.25, -0.2) is 9.78 Å². The van der Waals surface area contributed by atoms with Crippen LogP contribution in [0.1, 0.15) is 29.1 Å². The number of amides is 1. The lowest BCUT2D eigenvalue weighted by molar-refractivity contribution is -0.141. The SMILES string of the molecule is CCN(CC)c1nc2sc(C(=O)N3c4ccccc4CC3C(=O)OC)cc2s1. The molecule has 1 atom stereocenters. The van der Waals surface area contributed by atoms with E-state index >= 15 is 0 Å². The van der Waals surface area contributed by atoms with E-state index in [-0.39, 0.29) is 5.91 Å². The summed E-state index contributed by atoms with van der Waals surface area (Å²) in [5, 5.41) is 0.976. The number of methoxy groups -OCH3 is 1. The van der Waals surface area contributed by atoms with Gasteiger partial charge in [-0.15, -0.1) is 11.3 Å². The summed E-state index contributed by atoms with van der Waals surface area (Å²) in [6.45, 7) is 6.00. The number of fused-ring (bicyclic) bond motifs is 2. The van der Waals surface area contributed by atoms with Crippen molar-refractivity contribution in [2.75, 3.05) is 30.0 Å². The highest BCUT2D eigenvalue weighted by Crippen LogP contribution is 2.38. The van der Waals surface area contributed by atoms with Gasteiger partial charge in [0.2, 0.25) is 0 Å². The molecule has 28 heavy (non-hydrogen) atoms. The number of rotatable bonds is 5. The van der Waals surface area contributed by atoms with Gasteiger partial charge in [-0.3, -0.25) is 9.69 Å². The number of para-hydroxylation sites is 1. The first kappa shape index (κ1) is 18.9. The normalized spacial score (nSPS) is 15.7. The minimum absolute atomic E-state index is 0.181. The zero-order valence-corrected chi connectivity index (χ0v) is 17.6. The highest BCUT2D eigenvalue weighted by Gasteiger charge is 2.40. The number of carbonyl (C=O) groups is 2. The van der Waals surface area contributed by atoms with E-state index in [2.05, 4.69) is 18.7 Å². The first-order chi connectivity index (χ1) is 13.6. The molecule has 0 radical (unpaired) electrons. The van der Waals surface area contributed by atoms with Crippen molar-refractivity contribution in [1.29, 1.82) is 0 Å². The molecule has 0 bridgehead atoms. The number of esters is 1. The fourth-order valence-corrected chi connectivity index (χ4v) is 5.81. The van der Waals surface area contributed by atoms with Crippen LogP contribution in [0.15, 0.2) is 30.3 Å². The zero-order chi connectivity index (χ0) is 19.8. The Morgan fingerprint density at radius 3 is 2.68 bits per heavy atom. The number of thiophene rings is 1. The number of aromatic nitrogens is 1. The highest BCUT2D eigenvalue weighted by molar-refractivity contribution is 7.29. The van der Waals surface area contributed by atoms with Gasteiger partial charge in [-0.05, 0) is 31.5 Å². The minimum Gasteiger partial charge on any atom is -0.467 e. The van der Waals surface area contributed by atoms with Crippen molar-refractivity contribution in [3.8, 4) is 0 Å². The monoisotopic (exact) mass is 415 g/mol. The lowest BCUT2D eigenvalue weighted by Crippen LogP contribution is -2.43. The van der Waals surface area contributed by atoms with E-state index in [1.54, 1.807) is 16.2 Å². The number of benzene rings is 1. The van der Waals surface area contributed by atoms with Gasteiger partial charge in [0, 0.05) is 25.2 Å². The van der Waals surface area contributed by atoms with Crippen molar-refractivity contribution in [3.63, 3.8) is 0 Å². The second-order valence-corrected chi connectivity index (χ2v) is 8.54. The predicted octanol–water partition coefficient (Wildman–Crippen LogP) is 3.95. The molecule has 0 saturated heterocycles. The molecule has 3 aromatic rings. The second kappa shape index (κ2) is 7.52. The molecule has 0 N–H and O–H groups in total. The average Bonchev–Trinajstić information content (AvgIpc) is 3.39. The fourth-order valence-electron chi connectivity index (χ4n) is 3.54. The van der Waals surface area contributed by atoms with Crippen LogP contribution in [0.4, 0.5) is 10.8 Å². The van der Waals surface area contributed by atoms with Crippen LogP contribution in [-0.2, 0) is 16.0 Å². The number of anilines is 2. The van der Waals surface area contributed by atoms with Gasteiger partial charge in [-0.1, -0.05) is 29.5 Å². The van der Waals surface area contributed by atoms with Gasteiger partial charge in [0.1, 0.15) is 10.9 Å². The van der Waals surface area contributed by atoms with Gasteiger partial charge in [0.05, 0.1) is 16.7 Å². The van der Waals surface area contributed by atoms with E-state index in [1.165, 1.54) is 18.4 Å². The number of nitrogens with zero attached hydrogens (tertiary/aromatic N) is 3. The minimum atomic E-state index is -0.630. The molecule has 0 saturated carbocycles. The predicted molar refractivity (Wildman–Crippen MR) is 114 cm³/mol. The van der Waals surface area contributed by atoms with E-state index in [0.717, 1.165) is 39.0 Å². The number of ether oxygens (including phenoxy) is 1. The maximum Gasteiger partial charge on any atom is 0.329 e. The third kappa shape index (κ3) is 3.06. The molecule has 1 unspecified atom stereocenters. The third-order valence-electron chi connectivity index (χ3n) is 4.99. The van der Waals surface area contributed by atoms with Crippen LogP contribution in [-0.4, -0.2) is 43.1 Å². The molecule has 0 fully saturated rings. The van der Waals surface area contributed by atoms with Crippen molar-refractivity contribution in [2.24, 2.45) is 0 Å². The summed E-state index contributed by atoms with van der Waals surface area (Å²) in [4.78, 5) is 35.6. The van der Waals surface area contributed by atoms with Crippen molar-refractivity contribution < 1.29 is 14.3 Å². The van der Waals surface area contributed by atoms with Crippen LogP contribution in [0.3, 0.4) is 0 Å². The first-order valence-corrected chi connectivity index (χ1v) is 10.8. The molecule has 146 valence electrons. The Bertz CT molecular complexity index is 1010. The highest BCUT2D eigenvalue weighted by atomic mass is 32.1. The maximum absolute atomic E-state index is 13.3. The van der Waals surface area contributed by atoms with E-state index in [1.807, 2.05) is 30.3 Å². The van der Waals surface area contributed by atoms with E-state index in [9.17, 15) is 9.59 Å². The molecule has 0 aliphatic carbocycles. The summed E-state index contributed by atoms with van der Waals surface area (Å²) >= 11 is 2.97. The van der Waals surface area contributed by atoms with E-state index in [4.69, 9.17) is 9.72 Å². The summed E-state index contributed by atoms with van der Waals surface area (Å²) < 4.78 is 5.94. The number of hydrogen-bond acceptors (Lipinski definition) is 7. The molecule has 1 aliphatic rings. The lowest BCUT2D eigenvalue weighted by atomic mass is 10.1. The Hall–Kier alpha value is -2.45. The van der Waals surface area contributed by atoms with E-state index in [0.29, 0.717) is 11.3 Å². The molecule has 1 amide bonds. The molecule has 1 aliphatic heterocycles. The lowest BCUT2D eigenvalue weighted by Gasteiger charge is -2.23. The third-order valence-corrected chi connectivity index (χ3v) is 7.20. The first-order valence-electron chi connectivity index (χ1n) is 9.22. The number of thiazole rings is 1. The Morgan fingerprint density at radius 2 is 2.00 bits per heavy atom. The molecule has 1 aromatic carbocycles. The molecule has 8 heteroatoms. The van der Waals surface area contributed by atoms with Gasteiger partial charge >= 0.3 is 5.97 Å². The van der Waals surface area contributed by atoms with Crippen molar-refractivity contribution in [1.82, 2.24) is 4.98 Å². The Kier molecular flexibility index (Phi) is 5.07. The van der Waals surface area contributed by atoms with Crippen LogP contribution < -0.4 is 9.80 Å². The number of carbonyl (C=O) groups excluding carboxylic acids is 2. The van der Waals surface area contributed by atoms with Crippen molar-refractivity contribution >= 4 is 54.9 Å². The fraction of sp³-hybridized carbons (Fsp3) is 0.350. The van der Waals surface area contributed by atoms with Gasteiger partial charge in [-0.2, -0.15) is 0 Å². The molecule has 0 spiro atoms. The largest absolute Gasteiger partial charge is 0.467 e. The summed E-state index contributed by atoms with van der Waals surface area (Å²) in [6, 6.07) is 8.88. The second-order valence-electron chi connectivity index (χ2n) is 6.50. The summed E-state index contributed by atoms with van der Waals surface area (Å²) in [6.07, 6.45) is 0.471. The maximum atomic E-state index is 13.3. The summed E-state index contributed by atoms with van der Waals surface area (Å²) in [5.74, 6) is -0.579. The van der Waals surface area contributed by atoms with Crippen LogP contribution in [0.2, 0.25) is 0 Å². The van der Waals surface area contributed by atoms with Crippen LogP contribution in [0, 0.1) is 0 Å². The van der Waals surface area contributed by atoms with E-state index < -0.39 is 12.0 Å². The topological polar surface area (TPSA) is 62.7 Å². The zero-order valence-electron chi connectivity index (χ0n) is 16.0. The Labute approximate surface area is 171 Å². The van der Waals surface area contributed by atoms with Crippen molar-refractivity contribution in [2.45, 2.75) is 26.3 Å². The van der Waals surface area contributed by atoms with Gasteiger partial charge < -0.3 is 9.64 Å². The molecular formula is C20H21N3O3S2. The summed E-state index contributed by atoms with van der Waals surface area (Å²) in [7, 11) is 1.35. The number of hydrogen-bond donors (Lipinski definition) is 0. The molecular weight excluding hydrogens is 394 g/mol. The summed E-state index contributed by atoms with van der Waals surface area (Å²) in [5.41, 5.74) is 1.75. The Morgan fingerprint density at radius 1 is 1.25 bits per heavy atom. The standard InChI is InChI=1S/C20H21N3O3S2/c1-4-22(5-2)20-21-17-15(28-20)11-16(27-17)18(24)23-13-9-7-6-8-12(13)10-14(23)19(25)26-3/h6-9,11,14H,4-5,10H2,1-3H3. The van der Waals surface area contributed by atoms with Crippen LogP contribution in [0.25, 0.3) is 9.53 Å². The van der Waals surface area contributed by atoms with Crippen LogP contribution in [0.5, 0.6) is 0 Å². The smallest absolute Gasteiger partial charge is 0.329 e. The van der Waals surface area contributed by atoms with Gasteiger partial charge in [0.25, 0.3) is 5.91 Å². The van der Waals surface area contributed by atoms with Crippen molar-refractivity contribution in [3.05, 3.63) is 40.8 Å². The molecule has 3 heterocycles. The molecule has 4 rings (SSSR count). The van der Waals surface area contributed by atoms with Gasteiger partial charge in [0.15, 0.2) is 5.13 Å². The average molecular weight is 416 g/mol. The van der Waals surface area contributed by atoms with Crippen LogP contribution >= 0.6 is 22.7 Å².